The minimum Gasteiger partial charge on any atom is -0.296 e. The van der Waals surface area contributed by atoms with Gasteiger partial charge in [-0.25, -0.2) is 4.39 Å². The highest BCUT2D eigenvalue weighted by Gasteiger charge is 2.14. The zero-order chi connectivity index (χ0) is 14.3. The van der Waals surface area contributed by atoms with Crippen molar-refractivity contribution in [1.29, 1.82) is 0 Å². The van der Waals surface area contributed by atoms with Gasteiger partial charge in [-0.3, -0.25) is 19.8 Å². The van der Waals surface area contributed by atoms with E-state index < -0.39 is 16.9 Å². The largest absolute Gasteiger partial charge is 0.296 e. The fourth-order valence-electron chi connectivity index (χ4n) is 2.15. The average Bonchev–Trinajstić information content (AvgIpc) is 2.79. The molecule has 1 aromatic carbocycles. The second-order valence-electron chi connectivity index (χ2n) is 4.34. The SMILES string of the molecule is CCc1cccc(F)c1-n1nc2c(=O)[nH][nH]c2cc1=O. The van der Waals surface area contributed by atoms with Gasteiger partial charge in [0.25, 0.3) is 11.1 Å². The van der Waals surface area contributed by atoms with Crippen LogP contribution in [0.25, 0.3) is 16.7 Å². The number of hydrogen-bond acceptors (Lipinski definition) is 3. The number of fused-ring (bicyclic) bond motifs is 1. The lowest BCUT2D eigenvalue weighted by molar-refractivity contribution is 0.603. The third-order valence-electron chi connectivity index (χ3n) is 3.12. The third-order valence-corrected chi connectivity index (χ3v) is 3.12. The van der Waals surface area contributed by atoms with Crippen molar-refractivity contribution >= 4 is 11.0 Å². The summed E-state index contributed by atoms with van der Waals surface area (Å²) in [6.45, 7) is 1.85. The summed E-state index contributed by atoms with van der Waals surface area (Å²) in [5.74, 6) is -0.551. The molecule has 0 fully saturated rings. The van der Waals surface area contributed by atoms with Gasteiger partial charge in [-0.15, -0.1) is 0 Å². The Morgan fingerprint density at radius 2 is 2.10 bits per heavy atom. The van der Waals surface area contributed by atoms with Crippen LogP contribution in [0.15, 0.2) is 33.9 Å². The van der Waals surface area contributed by atoms with Crippen molar-refractivity contribution < 1.29 is 4.39 Å². The number of aromatic nitrogens is 4. The number of hydrogen-bond donors (Lipinski definition) is 2. The summed E-state index contributed by atoms with van der Waals surface area (Å²) in [6.07, 6.45) is 0.544. The van der Waals surface area contributed by atoms with E-state index in [2.05, 4.69) is 15.3 Å². The Balaban J connectivity index is 2.40. The van der Waals surface area contributed by atoms with E-state index in [9.17, 15) is 14.0 Å². The molecule has 0 radical (unpaired) electrons. The van der Waals surface area contributed by atoms with Crippen LogP contribution in [0.4, 0.5) is 4.39 Å². The van der Waals surface area contributed by atoms with Gasteiger partial charge in [-0.1, -0.05) is 19.1 Å². The molecule has 0 aliphatic rings. The number of halogens is 1. The molecule has 2 heterocycles. The smallest absolute Gasteiger partial charge is 0.292 e. The Bertz CT molecular complexity index is 907. The number of para-hydroxylation sites is 1. The predicted octanol–water partition coefficient (Wildman–Crippen LogP) is 1.10. The van der Waals surface area contributed by atoms with E-state index in [-0.39, 0.29) is 11.2 Å². The molecule has 0 spiro atoms. The van der Waals surface area contributed by atoms with Crippen LogP contribution in [-0.2, 0) is 6.42 Å². The van der Waals surface area contributed by atoms with Crippen LogP contribution in [-0.4, -0.2) is 20.0 Å². The summed E-state index contributed by atoms with van der Waals surface area (Å²) in [4.78, 5) is 23.6. The van der Waals surface area contributed by atoms with E-state index in [4.69, 9.17) is 0 Å². The van der Waals surface area contributed by atoms with Crippen LogP contribution in [0.5, 0.6) is 0 Å². The third kappa shape index (κ3) is 1.75. The summed E-state index contributed by atoms with van der Waals surface area (Å²) in [5, 5.41) is 8.84. The Labute approximate surface area is 111 Å². The number of benzene rings is 1. The molecule has 0 saturated heterocycles. The van der Waals surface area contributed by atoms with E-state index in [1.54, 1.807) is 12.1 Å². The Morgan fingerprint density at radius 1 is 1.30 bits per heavy atom. The Kier molecular flexibility index (Phi) is 2.74. The van der Waals surface area contributed by atoms with E-state index >= 15 is 0 Å². The molecule has 2 N–H and O–H groups in total. The normalized spacial score (nSPS) is 11.1. The van der Waals surface area contributed by atoms with Crippen molar-refractivity contribution in [3.05, 3.63) is 56.4 Å². The molecule has 7 heteroatoms. The minimum atomic E-state index is -0.551. The average molecular weight is 274 g/mol. The Morgan fingerprint density at radius 3 is 2.85 bits per heavy atom. The van der Waals surface area contributed by atoms with Gasteiger partial charge in [0.15, 0.2) is 5.52 Å². The van der Waals surface area contributed by atoms with Crippen molar-refractivity contribution in [3.8, 4) is 5.69 Å². The van der Waals surface area contributed by atoms with Crippen molar-refractivity contribution in [2.24, 2.45) is 0 Å². The summed E-state index contributed by atoms with van der Waals surface area (Å²) in [5.41, 5.74) is 0.129. The maximum Gasteiger partial charge on any atom is 0.292 e. The summed E-state index contributed by atoms with van der Waals surface area (Å²) >= 11 is 0. The van der Waals surface area contributed by atoms with Crippen LogP contribution < -0.4 is 11.1 Å². The fraction of sp³-hybridized carbons (Fsp3) is 0.154. The lowest BCUT2D eigenvalue weighted by atomic mass is 10.1. The number of nitrogens with one attached hydrogen (secondary N) is 2. The molecule has 20 heavy (non-hydrogen) atoms. The summed E-state index contributed by atoms with van der Waals surface area (Å²) in [6, 6.07) is 5.77. The number of aryl methyl sites for hydroxylation is 1. The van der Waals surface area contributed by atoms with Crippen molar-refractivity contribution in [1.82, 2.24) is 20.0 Å². The van der Waals surface area contributed by atoms with E-state index in [1.807, 2.05) is 6.92 Å². The first-order valence-electron chi connectivity index (χ1n) is 6.10. The van der Waals surface area contributed by atoms with Crippen LogP contribution >= 0.6 is 0 Å². The van der Waals surface area contributed by atoms with E-state index in [0.29, 0.717) is 17.5 Å². The van der Waals surface area contributed by atoms with Crippen LogP contribution in [0, 0.1) is 5.82 Å². The highest BCUT2D eigenvalue weighted by Crippen LogP contribution is 2.17. The number of aromatic amines is 2. The summed E-state index contributed by atoms with van der Waals surface area (Å²) in [7, 11) is 0. The molecule has 6 nitrogen and oxygen atoms in total. The first kappa shape index (κ1) is 12.3. The quantitative estimate of drug-likeness (QED) is 0.734. The van der Waals surface area contributed by atoms with Crippen LogP contribution in [0.3, 0.4) is 0 Å². The second kappa shape index (κ2) is 4.44. The van der Waals surface area contributed by atoms with Crippen LogP contribution in [0.1, 0.15) is 12.5 Å². The van der Waals surface area contributed by atoms with Crippen molar-refractivity contribution in [2.75, 3.05) is 0 Å². The molecule has 102 valence electrons. The highest BCUT2D eigenvalue weighted by molar-refractivity contribution is 5.72. The topological polar surface area (TPSA) is 83.5 Å². The first-order valence-corrected chi connectivity index (χ1v) is 6.10. The lowest BCUT2D eigenvalue weighted by Crippen LogP contribution is -2.23. The van der Waals surface area contributed by atoms with Gasteiger partial charge in [-0.2, -0.15) is 9.78 Å². The lowest BCUT2D eigenvalue weighted by Gasteiger charge is -2.10. The first-order chi connectivity index (χ1) is 9.61. The minimum absolute atomic E-state index is 0.0647. The van der Waals surface area contributed by atoms with Gasteiger partial charge >= 0.3 is 0 Å². The van der Waals surface area contributed by atoms with E-state index in [0.717, 1.165) is 4.68 Å². The zero-order valence-electron chi connectivity index (χ0n) is 10.6. The molecule has 0 aliphatic heterocycles. The molecule has 0 atom stereocenters. The molecule has 0 aliphatic carbocycles. The maximum atomic E-state index is 14.0. The molecule has 2 aromatic heterocycles. The predicted molar refractivity (Wildman–Crippen MR) is 71.6 cm³/mol. The van der Waals surface area contributed by atoms with Gasteiger partial charge in [0.05, 0.1) is 5.52 Å². The molecule has 0 amide bonds. The Hall–Kier alpha value is -2.70. The maximum absolute atomic E-state index is 14.0. The van der Waals surface area contributed by atoms with Crippen molar-refractivity contribution in [3.63, 3.8) is 0 Å². The fourth-order valence-corrected chi connectivity index (χ4v) is 2.15. The molecular formula is C13H11FN4O2. The zero-order valence-corrected chi connectivity index (χ0v) is 10.6. The molecule has 0 saturated carbocycles. The number of rotatable bonds is 2. The molecule has 3 rings (SSSR count). The van der Waals surface area contributed by atoms with Gasteiger partial charge in [-0.05, 0) is 18.1 Å². The van der Waals surface area contributed by atoms with Gasteiger partial charge in [0, 0.05) is 6.07 Å². The summed E-state index contributed by atoms with van der Waals surface area (Å²) < 4.78 is 15.0. The van der Waals surface area contributed by atoms with E-state index in [1.165, 1.54) is 12.1 Å². The number of nitrogens with zero attached hydrogens (tertiary/aromatic N) is 2. The molecule has 3 aromatic rings. The highest BCUT2D eigenvalue weighted by atomic mass is 19.1. The van der Waals surface area contributed by atoms with Gasteiger partial charge < -0.3 is 0 Å². The molecule has 0 unspecified atom stereocenters. The molecular weight excluding hydrogens is 263 g/mol. The standard InChI is InChI=1S/C13H11FN4O2/c1-2-7-4-3-5-8(14)12(7)18-10(19)6-9-11(17-18)13(20)16-15-9/h3-6,15H,2H2,1H3,(H,16,20). The van der Waals surface area contributed by atoms with Gasteiger partial charge in [0.2, 0.25) is 0 Å². The van der Waals surface area contributed by atoms with Crippen molar-refractivity contribution in [2.45, 2.75) is 13.3 Å². The second-order valence-corrected chi connectivity index (χ2v) is 4.34. The van der Waals surface area contributed by atoms with Crippen LogP contribution in [0.2, 0.25) is 0 Å². The molecule has 0 bridgehead atoms. The van der Waals surface area contributed by atoms with Gasteiger partial charge in [0.1, 0.15) is 11.5 Å². The monoisotopic (exact) mass is 274 g/mol. The number of H-pyrrole nitrogens is 2.